The highest BCUT2D eigenvalue weighted by Gasteiger charge is 2.33. The van der Waals surface area contributed by atoms with E-state index in [0.717, 1.165) is 55.5 Å². The number of hydrogen-bond donors (Lipinski definition) is 0. The summed E-state index contributed by atoms with van der Waals surface area (Å²) >= 11 is 0. The maximum absolute atomic E-state index is 13.4. The number of nitrogens with zero attached hydrogens (tertiary/aromatic N) is 3. The highest BCUT2D eigenvalue weighted by molar-refractivity contribution is 7.90. The van der Waals surface area contributed by atoms with Crippen molar-refractivity contribution in [1.29, 1.82) is 0 Å². The van der Waals surface area contributed by atoms with Crippen LogP contribution in [0.1, 0.15) is 61.6 Å². The number of rotatable bonds is 4. The van der Waals surface area contributed by atoms with Crippen LogP contribution >= 0.6 is 0 Å². The topological polar surface area (TPSA) is 71.9 Å². The van der Waals surface area contributed by atoms with E-state index in [1.54, 1.807) is 30.1 Å². The van der Waals surface area contributed by atoms with Crippen molar-refractivity contribution in [2.75, 3.05) is 26.2 Å². The van der Waals surface area contributed by atoms with Gasteiger partial charge in [0.2, 0.25) is 10.0 Å². The second-order valence-electron chi connectivity index (χ2n) is 10.3. The third-order valence-corrected chi connectivity index (χ3v) is 9.81. The highest BCUT2D eigenvalue weighted by Crippen LogP contribution is 2.35. The minimum absolute atomic E-state index is 0.0436. The van der Waals surface area contributed by atoms with Gasteiger partial charge in [0.15, 0.2) is 0 Å². The average Bonchev–Trinajstić information content (AvgIpc) is 3.18. The molecule has 3 aliphatic rings. The van der Waals surface area contributed by atoms with Crippen molar-refractivity contribution in [2.45, 2.75) is 64.3 Å². The Balaban J connectivity index is 1.58. The normalized spacial score (nSPS) is 22.2. The number of fused-ring (bicyclic) bond motifs is 3. The molecule has 1 amide bonds. The molecule has 0 radical (unpaired) electrons. The van der Waals surface area contributed by atoms with Gasteiger partial charge in [-0.05, 0) is 62.4 Å². The number of aromatic nitrogens is 1. The summed E-state index contributed by atoms with van der Waals surface area (Å²) < 4.78 is 33.8. The third kappa shape index (κ3) is 4.05. The molecule has 1 atom stereocenters. The Morgan fingerprint density at radius 3 is 2.56 bits per heavy atom. The van der Waals surface area contributed by atoms with Gasteiger partial charge in [-0.15, -0.1) is 0 Å². The lowest BCUT2D eigenvalue weighted by Crippen LogP contribution is -2.40. The van der Waals surface area contributed by atoms with Crippen molar-refractivity contribution in [1.82, 2.24) is 13.8 Å². The number of ether oxygens (including phenoxy) is 1. The van der Waals surface area contributed by atoms with Gasteiger partial charge in [0.1, 0.15) is 0 Å². The second-order valence-corrected chi connectivity index (χ2v) is 12.6. The van der Waals surface area contributed by atoms with E-state index in [2.05, 4.69) is 17.9 Å². The summed E-state index contributed by atoms with van der Waals surface area (Å²) in [6.07, 6.45) is 7.50. The molecule has 184 valence electrons. The monoisotopic (exact) mass is 485 g/mol. The first-order valence-corrected chi connectivity index (χ1v) is 14.0. The fourth-order valence-corrected chi connectivity index (χ4v) is 6.82. The zero-order valence-corrected chi connectivity index (χ0v) is 21.2. The maximum Gasteiger partial charge on any atom is 0.253 e. The van der Waals surface area contributed by atoms with Crippen LogP contribution in [0.15, 0.2) is 30.5 Å². The maximum atomic E-state index is 13.4. The molecule has 3 aliphatic heterocycles. The lowest BCUT2D eigenvalue weighted by atomic mass is 9.98. The predicted molar refractivity (Wildman–Crippen MR) is 133 cm³/mol. The molecule has 0 bridgehead atoms. The largest absolute Gasteiger partial charge is 0.501 e. The Labute approximate surface area is 202 Å². The Morgan fingerprint density at radius 1 is 1.12 bits per heavy atom. The zero-order valence-electron chi connectivity index (χ0n) is 20.4. The van der Waals surface area contributed by atoms with Crippen LogP contribution in [0.25, 0.3) is 10.9 Å². The lowest BCUT2D eigenvalue weighted by Gasteiger charge is -2.34. The average molecular weight is 486 g/mol. The number of benzene rings is 1. The molecule has 1 aromatic heterocycles. The standard InChI is InChI=1S/C26H35N3O4S/c1-18(2)34(31,32)29-24-5-4-20(26(30)27-11-6-19(3)7-12-27)16-22(24)23-17-28(13-8-25(23)29)21-9-14-33-15-10-21/h4-5,9,14,16,18-19,21H,6-8,10-13,15,17H2,1-3H3. The third-order valence-electron chi connectivity index (χ3n) is 7.70. The fourth-order valence-electron chi connectivity index (χ4n) is 5.45. The van der Waals surface area contributed by atoms with Crippen LogP contribution in [-0.2, 0) is 27.7 Å². The van der Waals surface area contributed by atoms with Crippen LogP contribution in [0.2, 0.25) is 0 Å². The number of likely N-dealkylation sites (tertiary alicyclic amines) is 1. The molecular formula is C26H35N3O4S. The second kappa shape index (κ2) is 9.04. The van der Waals surface area contributed by atoms with E-state index < -0.39 is 15.3 Å². The van der Waals surface area contributed by atoms with E-state index in [-0.39, 0.29) is 11.9 Å². The summed E-state index contributed by atoms with van der Waals surface area (Å²) in [7, 11) is -3.53. The number of hydrogen-bond acceptors (Lipinski definition) is 5. The Bertz CT molecular complexity index is 1220. The van der Waals surface area contributed by atoms with Gasteiger partial charge in [0.25, 0.3) is 5.91 Å². The summed E-state index contributed by atoms with van der Waals surface area (Å²) in [6, 6.07) is 5.86. The van der Waals surface area contributed by atoms with Gasteiger partial charge in [-0.1, -0.05) is 6.92 Å². The summed E-state index contributed by atoms with van der Waals surface area (Å²) in [5, 5.41) is 0.358. The van der Waals surface area contributed by atoms with Gasteiger partial charge >= 0.3 is 0 Å². The summed E-state index contributed by atoms with van der Waals surface area (Å²) in [4.78, 5) is 17.6. The van der Waals surface area contributed by atoms with Crippen molar-refractivity contribution in [3.05, 3.63) is 47.4 Å². The number of carbonyl (C=O) groups is 1. The molecule has 0 saturated carbocycles. The van der Waals surface area contributed by atoms with Gasteiger partial charge in [-0.3, -0.25) is 9.69 Å². The molecule has 8 heteroatoms. The van der Waals surface area contributed by atoms with Crippen LogP contribution < -0.4 is 0 Å². The molecule has 1 aromatic carbocycles. The zero-order chi connectivity index (χ0) is 24.0. The van der Waals surface area contributed by atoms with Gasteiger partial charge in [-0.2, -0.15) is 0 Å². The smallest absolute Gasteiger partial charge is 0.253 e. The molecule has 34 heavy (non-hydrogen) atoms. The first-order valence-electron chi connectivity index (χ1n) is 12.5. The molecular weight excluding hydrogens is 450 g/mol. The Hall–Kier alpha value is -2.32. The first-order chi connectivity index (χ1) is 16.3. The van der Waals surface area contributed by atoms with Crippen LogP contribution in [0.5, 0.6) is 0 Å². The van der Waals surface area contributed by atoms with E-state index in [4.69, 9.17) is 4.74 Å². The van der Waals surface area contributed by atoms with Crippen LogP contribution in [0, 0.1) is 5.92 Å². The molecule has 4 heterocycles. The molecule has 1 unspecified atom stereocenters. The van der Waals surface area contributed by atoms with E-state index in [1.165, 1.54) is 0 Å². The molecule has 1 saturated heterocycles. The molecule has 2 aromatic rings. The van der Waals surface area contributed by atoms with Gasteiger partial charge < -0.3 is 9.64 Å². The quantitative estimate of drug-likeness (QED) is 0.659. The number of piperidine rings is 1. The summed E-state index contributed by atoms with van der Waals surface area (Å²) in [5.41, 5.74) is 3.23. The summed E-state index contributed by atoms with van der Waals surface area (Å²) in [5.74, 6) is 0.695. The van der Waals surface area contributed by atoms with Crippen LogP contribution in [-0.4, -0.2) is 65.6 Å². The van der Waals surface area contributed by atoms with Crippen LogP contribution in [0.4, 0.5) is 0 Å². The van der Waals surface area contributed by atoms with Gasteiger partial charge in [0, 0.05) is 61.7 Å². The van der Waals surface area contributed by atoms with Crippen molar-refractivity contribution in [3.63, 3.8) is 0 Å². The molecule has 0 N–H and O–H groups in total. The van der Waals surface area contributed by atoms with Gasteiger partial charge in [-0.25, -0.2) is 12.4 Å². The Morgan fingerprint density at radius 2 is 1.88 bits per heavy atom. The Kier molecular flexibility index (Phi) is 6.23. The predicted octanol–water partition coefficient (Wildman–Crippen LogP) is 3.76. The summed E-state index contributed by atoms with van der Waals surface area (Å²) in [6.45, 7) is 9.41. The lowest BCUT2D eigenvalue weighted by molar-refractivity contribution is 0.0697. The van der Waals surface area contributed by atoms with Crippen molar-refractivity contribution < 1.29 is 17.9 Å². The molecule has 1 fully saturated rings. The van der Waals surface area contributed by atoms with Crippen molar-refractivity contribution in [2.24, 2.45) is 5.92 Å². The van der Waals surface area contributed by atoms with E-state index in [0.29, 0.717) is 36.6 Å². The van der Waals surface area contributed by atoms with Crippen LogP contribution in [0.3, 0.4) is 0 Å². The van der Waals surface area contributed by atoms with E-state index >= 15 is 0 Å². The fraction of sp³-hybridized carbons (Fsp3) is 0.577. The minimum atomic E-state index is -3.53. The van der Waals surface area contributed by atoms with E-state index in [9.17, 15) is 13.2 Å². The number of amides is 1. The molecule has 5 rings (SSSR count). The first kappa shape index (κ1) is 23.4. The highest BCUT2D eigenvalue weighted by atomic mass is 32.2. The van der Waals surface area contributed by atoms with Crippen molar-refractivity contribution >= 4 is 26.8 Å². The van der Waals surface area contributed by atoms with E-state index in [1.807, 2.05) is 17.0 Å². The SMILES string of the molecule is CC1CCN(C(=O)c2ccc3c(c2)c2c(n3S(=O)(=O)C(C)C)CCN(C3C=COCC3)C2)CC1. The minimum Gasteiger partial charge on any atom is -0.501 e. The van der Waals surface area contributed by atoms with Crippen molar-refractivity contribution in [3.8, 4) is 0 Å². The van der Waals surface area contributed by atoms with Gasteiger partial charge in [0.05, 0.1) is 23.6 Å². The molecule has 0 aliphatic carbocycles. The molecule has 0 spiro atoms. The number of carbonyl (C=O) groups excluding carboxylic acids is 1. The molecule has 7 nitrogen and oxygen atoms in total.